The molecule has 0 aromatic heterocycles. The standard InChI is InChI=1S/C32H41FN2O5/c1-18(2)40-30(38)35-27(22-9-7-8-10-23(22)33)26(25(28(35)29(36)37)32-14-19(15-32)16-32)34-17-20-13-21(31(3,4)5)11-12-24(20)39-6/h7-13,18-19,25-28,34H,14-17H2,1-6H3,(H,36,37)/t19?,25-,26-,27-,28-,32?/m0/s1. The Hall–Kier alpha value is -3.13. The summed E-state index contributed by atoms with van der Waals surface area (Å²) >= 11 is 0. The fraction of sp³-hybridized carbons (Fsp3) is 0.562. The van der Waals surface area contributed by atoms with Crippen molar-refractivity contribution in [3.05, 3.63) is 65.0 Å². The number of hydrogen-bond donors (Lipinski definition) is 2. The molecular weight excluding hydrogens is 511 g/mol. The number of methoxy groups -OCH3 is 1. The van der Waals surface area contributed by atoms with E-state index in [4.69, 9.17) is 9.47 Å². The normalized spacial score (nSPS) is 29.1. The summed E-state index contributed by atoms with van der Waals surface area (Å²) in [6.07, 6.45) is 1.61. The van der Waals surface area contributed by atoms with Gasteiger partial charge in [-0.1, -0.05) is 51.1 Å². The Labute approximate surface area is 236 Å². The summed E-state index contributed by atoms with van der Waals surface area (Å²) in [4.78, 5) is 27.9. The van der Waals surface area contributed by atoms with Crippen LogP contribution in [0.4, 0.5) is 9.18 Å². The van der Waals surface area contributed by atoms with Gasteiger partial charge in [0, 0.05) is 29.6 Å². The molecule has 1 amide bonds. The lowest BCUT2D eigenvalue weighted by Crippen LogP contribution is -2.63. The molecule has 1 aliphatic heterocycles. The third kappa shape index (κ3) is 4.84. The average Bonchev–Trinajstić information content (AvgIpc) is 3.15. The molecule has 4 atom stereocenters. The van der Waals surface area contributed by atoms with Crippen molar-refractivity contribution in [2.24, 2.45) is 17.3 Å². The molecule has 0 unspecified atom stereocenters. The van der Waals surface area contributed by atoms with Crippen molar-refractivity contribution in [1.82, 2.24) is 10.2 Å². The number of likely N-dealkylation sites (tertiary alicyclic amines) is 1. The molecule has 2 bridgehead atoms. The Morgan fingerprint density at radius 1 is 1.15 bits per heavy atom. The van der Waals surface area contributed by atoms with E-state index in [1.54, 1.807) is 39.2 Å². The number of rotatable bonds is 8. The summed E-state index contributed by atoms with van der Waals surface area (Å²) in [5.74, 6) is -0.656. The summed E-state index contributed by atoms with van der Waals surface area (Å²) in [6, 6.07) is 9.93. The highest BCUT2D eigenvalue weighted by molar-refractivity contribution is 5.82. The van der Waals surface area contributed by atoms with Crippen LogP contribution in [0.3, 0.4) is 0 Å². The number of halogens is 1. The van der Waals surface area contributed by atoms with Crippen LogP contribution in [0.2, 0.25) is 0 Å². The van der Waals surface area contributed by atoms with Gasteiger partial charge in [-0.3, -0.25) is 4.90 Å². The SMILES string of the molecule is COc1ccc(C(C)(C)C)cc1CN[C@H]1[C@H](C23CC(C2)C3)[C@@H](C(=O)O)N(C(=O)OC(C)C)[C@H]1c1ccccc1F. The maximum atomic E-state index is 15.5. The van der Waals surface area contributed by atoms with Crippen LogP contribution in [-0.2, 0) is 21.5 Å². The Balaban J connectivity index is 1.61. The first-order valence-corrected chi connectivity index (χ1v) is 14.2. The zero-order valence-corrected chi connectivity index (χ0v) is 24.2. The van der Waals surface area contributed by atoms with E-state index < -0.39 is 48.0 Å². The fourth-order valence-electron chi connectivity index (χ4n) is 7.25. The van der Waals surface area contributed by atoms with Crippen LogP contribution >= 0.6 is 0 Å². The summed E-state index contributed by atoms with van der Waals surface area (Å²) in [6.45, 7) is 10.3. The predicted molar refractivity (Wildman–Crippen MR) is 150 cm³/mol. The zero-order valence-electron chi connectivity index (χ0n) is 24.2. The molecule has 3 aliphatic carbocycles. The number of hydrogen-bond acceptors (Lipinski definition) is 5. The maximum Gasteiger partial charge on any atom is 0.411 e. The minimum Gasteiger partial charge on any atom is -0.496 e. The Kier molecular flexibility index (Phi) is 7.36. The van der Waals surface area contributed by atoms with Crippen molar-refractivity contribution >= 4 is 12.1 Å². The van der Waals surface area contributed by atoms with E-state index in [1.807, 2.05) is 6.07 Å². The van der Waals surface area contributed by atoms with Crippen molar-refractivity contribution in [3.63, 3.8) is 0 Å². The number of nitrogens with zero attached hydrogens (tertiary/aromatic N) is 1. The average molecular weight is 553 g/mol. The Morgan fingerprint density at radius 2 is 1.82 bits per heavy atom. The molecule has 4 fully saturated rings. The number of carbonyl (C=O) groups is 2. The highest BCUT2D eigenvalue weighted by Crippen LogP contribution is 2.71. The van der Waals surface area contributed by atoms with Gasteiger partial charge in [-0.25, -0.2) is 14.0 Å². The van der Waals surface area contributed by atoms with Gasteiger partial charge in [0.2, 0.25) is 0 Å². The van der Waals surface area contributed by atoms with Gasteiger partial charge in [-0.2, -0.15) is 0 Å². The van der Waals surface area contributed by atoms with Gasteiger partial charge in [0.15, 0.2) is 0 Å². The van der Waals surface area contributed by atoms with Crippen LogP contribution < -0.4 is 10.1 Å². The molecule has 2 aromatic rings. The van der Waals surface area contributed by atoms with E-state index in [9.17, 15) is 14.7 Å². The molecule has 40 heavy (non-hydrogen) atoms. The number of aliphatic carboxylic acids is 1. The van der Waals surface area contributed by atoms with E-state index in [2.05, 4.69) is 38.2 Å². The van der Waals surface area contributed by atoms with Gasteiger partial charge in [0.1, 0.15) is 17.6 Å². The molecule has 6 rings (SSSR count). The highest BCUT2D eigenvalue weighted by atomic mass is 19.1. The van der Waals surface area contributed by atoms with Crippen molar-refractivity contribution in [1.29, 1.82) is 0 Å². The smallest absolute Gasteiger partial charge is 0.411 e. The fourth-order valence-corrected chi connectivity index (χ4v) is 7.25. The lowest BCUT2D eigenvalue weighted by atomic mass is 9.38. The lowest BCUT2D eigenvalue weighted by Gasteiger charge is -2.66. The van der Waals surface area contributed by atoms with Gasteiger partial charge in [-0.15, -0.1) is 0 Å². The van der Waals surface area contributed by atoms with Gasteiger partial charge >= 0.3 is 12.1 Å². The second-order valence-electron chi connectivity index (χ2n) is 13.1. The van der Waals surface area contributed by atoms with Crippen LogP contribution in [0, 0.1) is 23.1 Å². The second-order valence-corrected chi connectivity index (χ2v) is 13.1. The highest BCUT2D eigenvalue weighted by Gasteiger charge is 2.70. The number of carboxylic acids is 1. The molecular formula is C32H41FN2O5. The van der Waals surface area contributed by atoms with Crippen LogP contribution in [0.25, 0.3) is 0 Å². The largest absolute Gasteiger partial charge is 0.496 e. The van der Waals surface area contributed by atoms with E-state index in [-0.39, 0.29) is 16.4 Å². The molecule has 0 spiro atoms. The van der Waals surface area contributed by atoms with Crippen molar-refractivity contribution in [2.45, 2.75) is 90.1 Å². The van der Waals surface area contributed by atoms with Crippen LogP contribution in [0.1, 0.15) is 76.6 Å². The van der Waals surface area contributed by atoms with Gasteiger partial charge in [0.25, 0.3) is 0 Å². The predicted octanol–water partition coefficient (Wildman–Crippen LogP) is 6.06. The van der Waals surface area contributed by atoms with Crippen LogP contribution in [0.15, 0.2) is 42.5 Å². The Morgan fingerprint density at radius 3 is 2.35 bits per heavy atom. The van der Waals surface area contributed by atoms with Crippen LogP contribution in [-0.4, -0.2) is 47.4 Å². The number of carbonyl (C=O) groups excluding carboxylic acids is 1. The quantitative estimate of drug-likeness (QED) is 0.414. The Bertz CT molecular complexity index is 1270. The molecule has 0 radical (unpaired) electrons. The summed E-state index contributed by atoms with van der Waals surface area (Å²) in [7, 11) is 1.63. The first-order chi connectivity index (χ1) is 18.9. The summed E-state index contributed by atoms with van der Waals surface area (Å²) in [5, 5.41) is 14.2. The van der Waals surface area contributed by atoms with E-state index >= 15 is 4.39 Å². The van der Waals surface area contributed by atoms with Crippen molar-refractivity contribution in [2.75, 3.05) is 7.11 Å². The van der Waals surface area contributed by atoms with E-state index in [0.29, 0.717) is 18.2 Å². The third-order valence-corrected chi connectivity index (χ3v) is 9.16. The monoisotopic (exact) mass is 552 g/mol. The maximum absolute atomic E-state index is 15.5. The van der Waals surface area contributed by atoms with Gasteiger partial charge in [0.05, 0.1) is 19.3 Å². The summed E-state index contributed by atoms with van der Waals surface area (Å²) < 4.78 is 26.7. The second kappa shape index (κ2) is 10.4. The lowest BCUT2D eigenvalue weighted by molar-refractivity contribution is -0.174. The first kappa shape index (κ1) is 28.4. The minimum atomic E-state index is -1.14. The molecule has 4 aliphatic rings. The zero-order chi connectivity index (χ0) is 29.0. The molecule has 1 saturated heterocycles. The number of benzene rings is 2. The van der Waals surface area contributed by atoms with Gasteiger partial charge in [-0.05, 0) is 67.6 Å². The summed E-state index contributed by atoms with van der Waals surface area (Å²) in [5.41, 5.74) is 2.08. The third-order valence-electron chi connectivity index (χ3n) is 9.16. The number of ether oxygens (including phenoxy) is 2. The molecule has 2 N–H and O–H groups in total. The van der Waals surface area contributed by atoms with Crippen LogP contribution in [0.5, 0.6) is 5.75 Å². The molecule has 1 heterocycles. The minimum absolute atomic E-state index is 0.0791. The number of carboxylic acid groups (broad SMARTS) is 1. The number of amides is 1. The molecule has 7 nitrogen and oxygen atoms in total. The molecule has 216 valence electrons. The molecule has 8 heteroatoms. The topological polar surface area (TPSA) is 88.1 Å². The first-order valence-electron chi connectivity index (χ1n) is 14.2. The molecule has 3 saturated carbocycles. The molecule has 2 aromatic carbocycles. The van der Waals surface area contributed by atoms with Gasteiger partial charge < -0.3 is 19.9 Å². The van der Waals surface area contributed by atoms with E-state index in [0.717, 1.165) is 30.4 Å². The van der Waals surface area contributed by atoms with Crippen molar-refractivity contribution in [3.8, 4) is 5.75 Å². The van der Waals surface area contributed by atoms with Crippen molar-refractivity contribution < 1.29 is 28.6 Å². The number of nitrogens with one attached hydrogen (secondary N) is 1. The van der Waals surface area contributed by atoms with E-state index in [1.165, 1.54) is 11.0 Å².